The molecule has 0 saturated carbocycles. The Hall–Kier alpha value is -2.64. The van der Waals surface area contributed by atoms with Gasteiger partial charge < -0.3 is 14.4 Å². The fourth-order valence-electron chi connectivity index (χ4n) is 4.44. The monoisotopic (exact) mass is 614 g/mol. The summed E-state index contributed by atoms with van der Waals surface area (Å²) in [5.41, 5.74) is 1.31. The average molecular weight is 616 g/mol. The Morgan fingerprint density at radius 2 is 1.82 bits per heavy atom. The Balaban J connectivity index is 1.47. The van der Waals surface area contributed by atoms with Crippen LogP contribution in [0, 0.1) is 0 Å². The minimum Gasteiger partial charge on any atom is -0.406 e. The first kappa shape index (κ1) is 28.4. The lowest BCUT2D eigenvalue weighted by atomic mass is 10.0. The van der Waals surface area contributed by atoms with E-state index in [9.17, 15) is 22.8 Å². The van der Waals surface area contributed by atoms with E-state index in [0.717, 1.165) is 22.6 Å². The second kappa shape index (κ2) is 11.2. The number of pyridine rings is 1. The zero-order valence-corrected chi connectivity index (χ0v) is 24.0. The normalized spacial score (nSPS) is 15.3. The van der Waals surface area contributed by atoms with Gasteiger partial charge in [0.15, 0.2) is 5.65 Å². The molecule has 1 saturated heterocycles. The lowest BCUT2D eigenvalue weighted by Crippen LogP contribution is -2.41. The van der Waals surface area contributed by atoms with E-state index in [1.807, 2.05) is 6.07 Å². The predicted octanol–water partition coefficient (Wildman–Crippen LogP) is 5.65. The number of benzene rings is 1. The minimum atomic E-state index is -4.79. The number of carbonyl (C=O) groups is 1. The largest absolute Gasteiger partial charge is 0.573 e. The maximum Gasteiger partial charge on any atom is 0.573 e. The van der Waals surface area contributed by atoms with E-state index in [0.29, 0.717) is 43.7 Å². The molecule has 0 spiro atoms. The van der Waals surface area contributed by atoms with E-state index in [1.54, 1.807) is 20.2 Å². The van der Waals surface area contributed by atoms with Crippen molar-refractivity contribution in [2.24, 2.45) is 0 Å². The third-order valence-corrected chi connectivity index (χ3v) is 8.57. The molecular formula is C25H30BrF3N4O4Si. The van der Waals surface area contributed by atoms with Crippen LogP contribution >= 0.6 is 15.9 Å². The van der Waals surface area contributed by atoms with Gasteiger partial charge in [0.2, 0.25) is 0 Å². The van der Waals surface area contributed by atoms with Crippen LogP contribution in [0.2, 0.25) is 25.7 Å². The number of fused-ring (bicyclic) bond motifs is 1. The van der Waals surface area contributed by atoms with Crippen molar-refractivity contribution >= 4 is 41.1 Å². The molecule has 1 fully saturated rings. The highest BCUT2D eigenvalue weighted by atomic mass is 79.9. The average Bonchev–Trinajstić information content (AvgIpc) is 3.10. The molecule has 38 heavy (non-hydrogen) atoms. The SMILES string of the molecule is C[Si](C)(C)CCOCn1c(=O)n(C2CCN(C(=O)c3ccc(OC(F)(F)F)cc3)CC2)c2cc(Br)cnc21. The van der Waals surface area contributed by atoms with Crippen LogP contribution in [0.4, 0.5) is 13.2 Å². The number of piperidine rings is 1. The Bertz CT molecular complexity index is 1340. The van der Waals surface area contributed by atoms with Crippen LogP contribution in [0.5, 0.6) is 5.75 Å². The van der Waals surface area contributed by atoms with Crippen LogP contribution in [0.1, 0.15) is 29.2 Å². The maximum atomic E-state index is 13.5. The van der Waals surface area contributed by atoms with Gasteiger partial charge in [0.25, 0.3) is 5.91 Å². The number of nitrogens with zero attached hydrogens (tertiary/aromatic N) is 4. The fourth-order valence-corrected chi connectivity index (χ4v) is 5.52. The molecular weight excluding hydrogens is 585 g/mol. The molecule has 1 amide bonds. The van der Waals surface area contributed by atoms with Gasteiger partial charge in [-0.05, 0) is 65.1 Å². The molecule has 0 unspecified atom stereocenters. The Morgan fingerprint density at radius 3 is 2.42 bits per heavy atom. The number of imidazole rings is 1. The number of ether oxygens (including phenoxy) is 2. The van der Waals surface area contributed by atoms with Crippen molar-refractivity contribution in [3.05, 3.63) is 57.0 Å². The molecule has 0 bridgehead atoms. The van der Waals surface area contributed by atoms with E-state index < -0.39 is 14.4 Å². The number of likely N-dealkylation sites (tertiary alicyclic amines) is 1. The van der Waals surface area contributed by atoms with Crippen molar-refractivity contribution in [1.82, 2.24) is 19.0 Å². The molecule has 8 nitrogen and oxygen atoms in total. The smallest absolute Gasteiger partial charge is 0.406 e. The number of aromatic nitrogens is 3. The van der Waals surface area contributed by atoms with Gasteiger partial charge in [0, 0.05) is 50.0 Å². The number of alkyl halides is 3. The molecule has 1 aliphatic rings. The zero-order valence-electron chi connectivity index (χ0n) is 21.4. The summed E-state index contributed by atoms with van der Waals surface area (Å²) in [7, 11) is -1.27. The third-order valence-electron chi connectivity index (χ3n) is 6.43. The summed E-state index contributed by atoms with van der Waals surface area (Å²) >= 11 is 3.45. The van der Waals surface area contributed by atoms with E-state index in [-0.39, 0.29) is 35.7 Å². The van der Waals surface area contributed by atoms with Crippen molar-refractivity contribution < 1.29 is 27.4 Å². The summed E-state index contributed by atoms with van der Waals surface area (Å²) in [6, 6.07) is 7.60. The molecule has 13 heteroatoms. The lowest BCUT2D eigenvalue weighted by molar-refractivity contribution is -0.274. The van der Waals surface area contributed by atoms with E-state index in [1.165, 1.54) is 12.1 Å². The third kappa shape index (κ3) is 6.86. The summed E-state index contributed by atoms with van der Waals surface area (Å²) in [6.07, 6.45) is -2.05. The van der Waals surface area contributed by atoms with Gasteiger partial charge in [-0.3, -0.25) is 13.9 Å². The molecule has 1 aliphatic heterocycles. The quantitative estimate of drug-likeness (QED) is 0.242. The van der Waals surface area contributed by atoms with Crippen LogP contribution in [0.25, 0.3) is 11.2 Å². The number of halogens is 4. The summed E-state index contributed by atoms with van der Waals surface area (Å²) in [5, 5.41) is 0. The number of rotatable bonds is 8. The van der Waals surface area contributed by atoms with Crippen LogP contribution in [-0.2, 0) is 11.5 Å². The predicted molar refractivity (Wildman–Crippen MR) is 143 cm³/mol. The summed E-state index contributed by atoms with van der Waals surface area (Å²) in [5.74, 6) is -0.662. The first-order chi connectivity index (χ1) is 17.8. The minimum absolute atomic E-state index is 0.118. The van der Waals surface area contributed by atoms with Crippen LogP contribution in [-0.4, -0.2) is 59.1 Å². The molecule has 0 atom stereocenters. The number of hydrogen-bond donors (Lipinski definition) is 0. The zero-order chi connectivity index (χ0) is 27.7. The van der Waals surface area contributed by atoms with E-state index in [4.69, 9.17) is 4.74 Å². The molecule has 0 N–H and O–H groups in total. The van der Waals surface area contributed by atoms with Gasteiger partial charge >= 0.3 is 12.1 Å². The Kier molecular flexibility index (Phi) is 8.38. The highest BCUT2D eigenvalue weighted by molar-refractivity contribution is 9.10. The summed E-state index contributed by atoms with van der Waals surface area (Å²) in [4.78, 5) is 32.6. The van der Waals surface area contributed by atoms with Gasteiger partial charge in [-0.15, -0.1) is 13.2 Å². The number of carbonyl (C=O) groups excluding carboxylic acids is 1. The van der Waals surface area contributed by atoms with Crippen LogP contribution < -0.4 is 10.4 Å². The fraction of sp³-hybridized carbons (Fsp3) is 0.480. The van der Waals surface area contributed by atoms with E-state index >= 15 is 0 Å². The highest BCUT2D eigenvalue weighted by Crippen LogP contribution is 2.28. The molecule has 0 aliphatic carbocycles. The highest BCUT2D eigenvalue weighted by Gasteiger charge is 2.32. The van der Waals surface area contributed by atoms with Gasteiger partial charge in [0.05, 0.1) is 5.52 Å². The van der Waals surface area contributed by atoms with Gasteiger partial charge in [-0.25, -0.2) is 9.78 Å². The molecule has 3 heterocycles. The molecule has 2 aromatic heterocycles. The Morgan fingerprint density at radius 1 is 1.16 bits per heavy atom. The number of amides is 1. The Labute approximate surface area is 227 Å². The second-order valence-corrected chi connectivity index (χ2v) is 17.1. The first-order valence-electron chi connectivity index (χ1n) is 12.3. The van der Waals surface area contributed by atoms with Crippen molar-refractivity contribution in [3.63, 3.8) is 0 Å². The van der Waals surface area contributed by atoms with Crippen molar-refractivity contribution in [2.45, 2.75) is 57.7 Å². The molecule has 206 valence electrons. The second-order valence-electron chi connectivity index (χ2n) is 10.5. The molecule has 0 radical (unpaired) electrons. The standard InChI is InChI=1S/C25H30BrF3N4O4Si/c1-38(2,3)13-12-36-16-32-22-21(14-18(26)15-30-22)33(24(32)35)19-8-10-31(11-9-19)23(34)17-4-6-20(7-5-17)37-25(27,28)29/h4-7,14-15,19H,8-13,16H2,1-3H3. The van der Waals surface area contributed by atoms with Crippen molar-refractivity contribution in [1.29, 1.82) is 0 Å². The topological polar surface area (TPSA) is 78.6 Å². The maximum absolute atomic E-state index is 13.5. The number of hydrogen-bond acceptors (Lipinski definition) is 5. The molecule has 4 rings (SSSR count). The molecule has 3 aromatic rings. The first-order valence-corrected chi connectivity index (χ1v) is 16.8. The van der Waals surface area contributed by atoms with Gasteiger partial charge in [0.1, 0.15) is 12.5 Å². The van der Waals surface area contributed by atoms with Crippen molar-refractivity contribution in [2.75, 3.05) is 19.7 Å². The molecule has 1 aromatic carbocycles. The van der Waals surface area contributed by atoms with Gasteiger partial charge in [-0.1, -0.05) is 19.6 Å². The summed E-state index contributed by atoms with van der Waals surface area (Å²) in [6.45, 7) is 8.29. The van der Waals surface area contributed by atoms with Crippen molar-refractivity contribution in [3.8, 4) is 5.75 Å². The van der Waals surface area contributed by atoms with E-state index in [2.05, 4.69) is 45.3 Å². The van der Waals surface area contributed by atoms with Gasteiger partial charge in [-0.2, -0.15) is 0 Å². The summed E-state index contributed by atoms with van der Waals surface area (Å²) < 4.78 is 51.0. The van der Waals surface area contributed by atoms with Crippen LogP contribution in [0.15, 0.2) is 45.8 Å². The lowest BCUT2D eigenvalue weighted by Gasteiger charge is -2.32. The van der Waals surface area contributed by atoms with Crippen LogP contribution in [0.3, 0.4) is 0 Å².